The number of hydrogen-bond donors (Lipinski definition) is 2. The lowest BCUT2D eigenvalue weighted by Gasteiger charge is -2.11. The zero-order valence-corrected chi connectivity index (χ0v) is 12.0. The van der Waals surface area contributed by atoms with Crippen molar-refractivity contribution < 1.29 is 4.79 Å². The van der Waals surface area contributed by atoms with E-state index in [4.69, 9.17) is 0 Å². The van der Waals surface area contributed by atoms with E-state index in [-0.39, 0.29) is 11.9 Å². The molecule has 1 amide bonds. The minimum atomic E-state index is -0.00878. The molecule has 2 aromatic rings. The summed E-state index contributed by atoms with van der Waals surface area (Å²) in [5, 5.41) is 6.20. The van der Waals surface area contributed by atoms with Crippen molar-refractivity contribution in [3.05, 3.63) is 54.1 Å². The van der Waals surface area contributed by atoms with Gasteiger partial charge in [-0.25, -0.2) is 4.98 Å². The van der Waals surface area contributed by atoms with Crippen molar-refractivity contribution in [3.8, 4) is 0 Å². The number of imidazole rings is 1. The third kappa shape index (κ3) is 3.70. The van der Waals surface area contributed by atoms with Crippen LogP contribution in [-0.4, -0.2) is 28.0 Å². The van der Waals surface area contributed by atoms with Gasteiger partial charge in [0.2, 0.25) is 5.91 Å². The molecule has 0 spiro atoms. The Labute approximate surface area is 124 Å². The van der Waals surface area contributed by atoms with Gasteiger partial charge in [-0.2, -0.15) is 0 Å². The van der Waals surface area contributed by atoms with Crippen molar-refractivity contribution in [2.75, 3.05) is 6.54 Å². The molecule has 1 aliphatic rings. The second-order valence-corrected chi connectivity index (χ2v) is 5.42. The lowest BCUT2D eigenvalue weighted by Crippen LogP contribution is -2.39. The minimum Gasteiger partial charge on any atom is -0.351 e. The van der Waals surface area contributed by atoms with Crippen molar-refractivity contribution in [1.82, 2.24) is 20.2 Å². The lowest BCUT2D eigenvalue weighted by atomic mass is 10.1. The molecule has 1 aromatic heterocycles. The molecular weight excluding hydrogens is 264 g/mol. The SMILES string of the molecule is O=C(NCc1ccc(Cn2ccnc2)cc1)C1CCCN1. The highest BCUT2D eigenvalue weighted by atomic mass is 16.2. The highest BCUT2D eigenvalue weighted by molar-refractivity contribution is 5.81. The molecule has 0 radical (unpaired) electrons. The van der Waals surface area contributed by atoms with E-state index in [0.29, 0.717) is 6.54 Å². The smallest absolute Gasteiger partial charge is 0.237 e. The van der Waals surface area contributed by atoms with Crippen LogP contribution in [0.15, 0.2) is 43.0 Å². The molecule has 1 aromatic carbocycles. The van der Waals surface area contributed by atoms with E-state index in [9.17, 15) is 4.79 Å². The van der Waals surface area contributed by atoms with Crippen LogP contribution in [0.2, 0.25) is 0 Å². The van der Waals surface area contributed by atoms with E-state index in [2.05, 4.69) is 39.9 Å². The molecular formula is C16H20N4O. The summed E-state index contributed by atoms with van der Waals surface area (Å²) in [7, 11) is 0. The molecule has 1 atom stereocenters. The first-order chi connectivity index (χ1) is 10.3. The van der Waals surface area contributed by atoms with E-state index in [1.165, 1.54) is 5.56 Å². The van der Waals surface area contributed by atoms with Crippen molar-refractivity contribution in [3.63, 3.8) is 0 Å². The largest absolute Gasteiger partial charge is 0.351 e. The second-order valence-electron chi connectivity index (χ2n) is 5.42. The molecule has 0 bridgehead atoms. The fourth-order valence-electron chi connectivity index (χ4n) is 2.57. The van der Waals surface area contributed by atoms with Crippen molar-refractivity contribution in [1.29, 1.82) is 0 Å². The van der Waals surface area contributed by atoms with Gasteiger partial charge in [0.1, 0.15) is 0 Å². The summed E-state index contributed by atoms with van der Waals surface area (Å²) in [5.41, 5.74) is 2.34. The van der Waals surface area contributed by atoms with Crippen LogP contribution < -0.4 is 10.6 Å². The number of amides is 1. The van der Waals surface area contributed by atoms with Crippen LogP contribution in [0.1, 0.15) is 24.0 Å². The molecule has 1 aliphatic heterocycles. The third-order valence-corrected chi connectivity index (χ3v) is 3.79. The van der Waals surface area contributed by atoms with Gasteiger partial charge in [0.15, 0.2) is 0 Å². The van der Waals surface area contributed by atoms with Gasteiger partial charge < -0.3 is 15.2 Å². The molecule has 1 unspecified atom stereocenters. The number of benzene rings is 1. The zero-order chi connectivity index (χ0) is 14.5. The Morgan fingerprint density at radius 3 is 2.81 bits per heavy atom. The van der Waals surface area contributed by atoms with E-state index in [1.807, 2.05) is 17.1 Å². The molecule has 1 fully saturated rings. The van der Waals surface area contributed by atoms with Crippen molar-refractivity contribution in [2.45, 2.75) is 32.0 Å². The fourth-order valence-corrected chi connectivity index (χ4v) is 2.57. The molecule has 5 heteroatoms. The molecule has 0 saturated carbocycles. The van der Waals surface area contributed by atoms with Crippen LogP contribution in [0, 0.1) is 0 Å². The highest BCUT2D eigenvalue weighted by Gasteiger charge is 2.21. The standard InChI is InChI=1S/C16H20N4O/c21-16(15-2-1-7-18-15)19-10-13-3-5-14(6-4-13)11-20-9-8-17-12-20/h3-6,8-9,12,15,18H,1-2,7,10-11H2,(H,19,21). The van der Waals surface area contributed by atoms with Gasteiger partial charge in [0, 0.05) is 25.5 Å². The Bertz CT molecular complexity index is 571. The summed E-state index contributed by atoms with van der Waals surface area (Å²) < 4.78 is 2.03. The molecule has 110 valence electrons. The minimum absolute atomic E-state index is 0.00878. The number of aromatic nitrogens is 2. The molecule has 5 nitrogen and oxygen atoms in total. The van der Waals surface area contributed by atoms with Crippen LogP contribution in [-0.2, 0) is 17.9 Å². The lowest BCUT2D eigenvalue weighted by molar-refractivity contribution is -0.122. The summed E-state index contributed by atoms with van der Waals surface area (Å²) >= 11 is 0. The monoisotopic (exact) mass is 284 g/mol. The van der Waals surface area contributed by atoms with Crippen molar-refractivity contribution >= 4 is 5.91 Å². The first-order valence-electron chi connectivity index (χ1n) is 7.36. The normalized spacial score (nSPS) is 17.8. The number of hydrogen-bond acceptors (Lipinski definition) is 3. The predicted molar refractivity (Wildman–Crippen MR) is 80.6 cm³/mol. The van der Waals surface area contributed by atoms with Gasteiger partial charge in [-0.15, -0.1) is 0 Å². The summed E-state index contributed by atoms with van der Waals surface area (Å²) in [6, 6.07) is 8.30. The average Bonchev–Trinajstić information content (AvgIpc) is 3.19. The maximum absolute atomic E-state index is 11.9. The Kier molecular flexibility index (Phi) is 4.31. The van der Waals surface area contributed by atoms with Crippen LogP contribution in [0.4, 0.5) is 0 Å². The highest BCUT2D eigenvalue weighted by Crippen LogP contribution is 2.08. The van der Waals surface area contributed by atoms with Crippen LogP contribution in [0.5, 0.6) is 0 Å². The first kappa shape index (κ1) is 13.8. The maximum atomic E-state index is 11.9. The van der Waals surface area contributed by atoms with E-state index >= 15 is 0 Å². The van der Waals surface area contributed by atoms with E-state index < -0.39 is 0 Å². The third-order valence-electron chi connectivity index (χ3n) is 3.79. The van der Waals surface area contributed by atoms with Crippen LogP contribution >= 0.6 is 0 Å². The van der Waals surface area contributed by atoms with Crippen LogP contribution in [0.25, 0.3) is 0 Å². The number of carbonyl (C=O) groups excluding carboxylic acids is 1. The first-order valence-corrected chi connectivity index (χ1v) is 7.36. The number of nitrogens with one attached hydrogen (secondary N) is 2. The molecule has 0 aliphatic carbocycles. The number of carbonyl (C=O) groups is 1. The van der Waals surface area contributed by atoms with E-state index in [0.717, 1.165) is 31.5 Å². The second kappa shape index (κ2) is 6.54. The molecule has 21 heavy (non-hydrogen) atoms. The quantitative estimate of drug-likeness (QED) is 0.870. The summed E-state index contributed by atoms with van der Waals surface area (Å²) in [6.07, 6.45) is 7.56. The van der Waals surface area contributed by atoms with Gasteiger partial charge >= 0.3 is 0 Å². The topological polar surface area (TPSA) is 59.0 Å². The summed E-state index contributed by atoms with van der Waals surface area (Å²) in [6.45, 7) is 2.35. The van der Waals surface area contributed by atoms with Gasteiger partial charge in [-0.05, 0) is 30.5 Å². The Morgan fingerprint density at radius 1 is 1.33 bits per heavy atom. The maximum Gasteiger partial charge on any atom is 0.237 e. The summed E-state index contributed by atoms with van der Waals surface area (Å²) in [5.74, 6) is 0.106. The molecule has 2 heterocycles. The Hall–Kier alpha value is -2.14. The van der Waals surface area contributed by atoms with Gasteiger partial charge in [-0.1, -0.05) is 24.3 Å². The van der Waals surface area contributed by atoms with Gasteiger partial charge in [-0.3, -0.25) is 4.79 Å². The predicted octanol–water partition coefficient (Wildman–Crippen LogP) is 1.30. The Balaban J connectivity index is 1.51. The summed E-state index contributed by atoms with van der Waals surface area (Å²) in [4.78, 5) is 15.9. The molecule has 3 rings (SSSR count). The fraction of sp³-hybridized carbons (Fsp3) is 0.375. The van der Waals surface area contributed by atoms with E-state index in [1.54, 1.807) is 6.20 Å². The van der Waals surface area contributed by atoms with Gasteiger partial charge in [0.25, 0.3) is 0 Å². The van der Waals surface area contributed by atoms with Gasteiger partial charge in [0.05, 0.1) is 12.4 Å². The Morgan fingerprint density at radius 2 is 2.14 bits per heavy atom. The molecule has 1 saturated heterocycles. The average molecular weight is 284 g/mol. The van der Waals surface area contributed by atoms with Crippen molar-refractivity contribution in [2.24, 2.45) is 0 Å². The number of rotatable bonds is 5. The zero-order valence-electron chi connectivity index (χ0n) is 12.0. The van der Waals surface area contributed by atoms with Crippen LogP contribution in [0.3, 0.4) is 0 Å². The number of nitrogens with zero attached hydrogens (tertiary/aromatic N) is 2. The molecule has 2 N–H and O–H groups in total.